The van der Waals surface area contributed by atoms with Crippen molar-refractivity contribution in [2.45, 2.75) is 46.5 Å². The summed E-state index contributed by atoms with van der Waals surface area (Å²) in [7, 11) is 2.01. The Morgan fingerprint density at radius 2 is 1.79 bits per heavy atom. The van der Waals surface area contributed by atoms with Gasteiger partial charge in [0.05, 0.1) is 12.2 Å². The molecule has 2 aromatic carbocycles. The lowest BCUT2D eigenvalue weighted by molar-refractivity contribution is 0.408. The zero-order chi connectivity index (χ0) is 24.6. The van der Waals surface area contributed by atoms with E-state index in [4.69, 9.17) is 4.99 Å². The summed E-state index contributed by atoms with van der Waals surface area (Å²) in [5.74, 6) is 2.05. The Morgan fingerprint density at radius 3 is 2.36 bits per heavy atom. The highest BCUT2D eigenvalue weighted by atomic mass is 16.1. The molecule has 0 heterocycles. The molecule has 3 nitrogen and oxygen atoms in total. The van der Waals surface area contributed by atoms with Crippen molar-refractivity contribution in [2.24, 2.45) is 4.99 Å². The van der Waals surface area contributed by atoms with Crippen molar-refractivity contribution in [3.8, 4) is 0 Å². The predicted octanol–water partition coefficient (Wildman–Crippen LogP) is 6.75. The fourth-order valence-electron chi connectivity index (χ4n) is 4.01. The minimum absolute atomic E-state index is 0.538. The van der Waals surface area contributed by atoms with Gasteiger partial charge < -0.3 is 4.90 Å². The highest BCUT2D eigenvalue weighted by Crippen LogP contribution is 2.40. The Morgan fingerprint density at radius 1 is 1.12 bits per heavy atom. The normalized spacial score (nSPS) is 13.6. The third kappa shape index (κ3) is 6.31. The second-order valence-corrected chi connectivity index (χ2v) is 8.77. The molecule has 0 fully saturated rings. The number of hydrogen-bond acceptors (Lipinski definition) is 3. The van der Waals surface area contributed by atoms with Gasteiger partial charge >= 0.3 is 0 Å². The van der Waals surface area contributed by atoms with Gasteiger partial charge in [0.2, 0.25) is 0 Å². The van der Waals surface area contributed by atoms with E-state index in [-0.39, 0.29) is 0 Å². The zero-order valence-corrected chi connectivity index (χ0v) is 20.9. The van der Waals surface area contributed by atoms with E-state index in [0.29, 0.717) is 13.0 Å². The van der Waals surface area contributed by atoms with Crippen LogP contribution in [0.3, 0.4) is 0 Å². The molecule has 0 aliphatic carbocycles. The van der Waals surface area contributed by atoms with Crippen LogP contribution in [0.4, 0.5) is 0 Å². The molecule has 0 amide bonds. The molecule has 0 aliphatic heterocycles. The van der Waals surface area contributed by atoms with Crippen LogP contribution >= 0.6 is 0 Å². The van der Waals surface area contributed by atoms with Gasteiger partial charge in [0.1, 0.15) is 5.94 Å². The van der Waals surface area contributed by atoms with Crippen LogP contribution in [0, 0.1) is 13.8 Å². The van der Waals surface area contributed by atoms with Gasteiger partial charge in [-0.25, -0.2) is 4.79 Å². The minimum Gasteiger partial charge on any atom is -0.372 e. The van der Waals surface area contributed by atoms with E-state index in [2.05, 4.69) is 62.2 Å². The molecule has 0 N–H and O–H groups in total. The highest BCUT2D eigenvalue weighted by molar-refractivity contribution is 5.99. The van der Waals surface area contributed by atoms with Crippen molar-refractivity contribution in [3.63, 3.8) is 0 Å². The predicted molar refractivity (Wildman–Crippen MR) is 141 cm³/mol. The molecular weight excluding hydrogens is 404 g/mol. The Labute approximate surface area is 199 Å². The third-order valence-electron chi connectivity index (χ3n) is 6.20. The largest absolute Gasteiger partial charge is 0.372 e. The van der Waals surface area contributed by atoms with Gasteiger partial charge in [0.25, 0.3) is 0 Å². The summed E-state index contributed by atoms with van der Waals surface area (Å²) >= 11 is 0. The average molecular weight is 441 g/mol. The molecule has 0 radical (unpaired) electrons. The highest BCUT2D eigenvalue weighted by Gasteiger charge is 2.34. The van der Waals surface area contributed by atoms with E-state index in [9.17, 15) is 4.79 Å². The number of allylic oxidation sites excluding steroid dienone is 4. The number of benzene rings is 2. The Balaban J connectivity index is 2.33. The number of aliphatic imine (C=N–C) groups is 1. The lowest BCUT2D eigenvalue weighted by Gasteiger charge is -2.36. The van der Waals surface area contributed by atoms with Crippen LogP contribution in [0.2, 0.25) is 0 Å². The van der Waals surface area contributed by atoms with Gasteiger partial charge in [-0.3, -0.25) is 4.99 Å². The SMILES string of the molecule is C=C(CC(C=C=O)(C(=C)C)c1cc(C)ccc1C)N(C)C/C(=C/C)N=C(C)c1ccccc1. The molecule has 2 rings (SSSR count). The molecule has 0 aliphatic rings. The summed E-state index contributed by atoms with van der Waals surface area (Å²) in [6.45, 7) is 19.3. The summed E-state index contributed by atoms with van der Waals surface area (Å²) in [6.07, 6.45) is 4.17. The van der Waals surface area contributed by atoms with Gasteiger partial charge in [-0.15, -0.1) is 0 Å². The first kappa shape index (κ1) is 25.8. The van der Waals surface area contributed by atoms with Crippen LogP contribution < -0.4 is 0 Å². The molecule has 0 saturated heterocycles. The average Bonchev–Trinajstić information content (AvgIpc) is 2.79. The lowest BCUT2D eigenvalue weighted by atomic mass is 9.70. The topological polar surface area (TPSA) is 32.7 Å². The number of nitrogens with zero attached hydrogens (tertiary/aromatic N) is 2. The van der Waals surface area contributed by atoms with Crippen molar-refractivity contribution < 1.29 is 4.79 Å². The monoisotopic (exact) mass is 440 g/mol. The quantitative estimate of drug-likeness (QED) is 0.232. The van der Waals surface area contributed by atoms with Gasteiger partial charge in [-0.2, -0.15) is 0 Å². The Bertz CT molecular complexity index is 1110. The Hall–Kier alpha value is -3.42. The second-order valence-electron chi connectivity index (χ2n) is 8.77. The molecule has 3 heteroatoms. The van der Waals surface area contributed by atoms with E-state index < -0.39 is 5.41 Å². The van der Waals surface area contributed by atoms with Crippen LogP contribution in [0.15, 0.2) is 95.8 Å². The van der Waals surface area contributed by atoms with Gasteiger partial charge in [-0.05, 0) is 51.3 Å². The Kier molecular flexibility index (Phi) is 8.96. The van der Waals surface area contributed by atoms with E-state index in [1.807, 2.05) is 58.0 Å². The van der Waals surface area contributed by atoms with Crippen molar-refractivity contribution in [1.82, 2.24) is 4.90 Å². The first-order valence-electron chi connectivity index (χ1n) is 11.2. The molecule has 0 saturated carbocycles. The van der Waals surface area contributed by atoms with Gasteiger partial charge in [-0.1, -0.05) is 78.9 Å². The van der Waals surface area contributed by atoms with Crippen LogP contribution in [0.5, 0.6) is 0 Å². The maximum atomic E-state index is 11.6. The molecule has 2 aromatic rings. The summed E-state index contributed by atoms with van der Waals surface area (Å²) < 4.78 is 0. The number of hydrogen-bond donors (Lipinski definition) is 0. The minimum atomic E-state index is -0.664. The van der Waals surface area contributed by atoms with E-state index in [0.717, 1.165) is 44.9 Å². The molecule has 0 bridgehead atoms. The summed E-state index contributed by atoms with van der Waals surface area (Å²) in [6, 6.07) is 16.5. The first-order valence-corrected chi connectivity index (χ1v) is 11.2. The third-order valence-corrected chi connectivity index (χ3v) is 6.20. The maximum Gasteiger partial charge on any atom is 0.121 e. The van der Waals surface area contributed by atoms with Crippen molar-refractivity contribution in [2.75, 3.05) is 13.6 Å². The zero-order valence-electron chi connectivity index (χ0n) is 20.9. The molecule has 33 heavy (non-hydrogen) atoms. The first-order chi connectivity index (χ1) is 15.6. The van der Waals surface area contributed by atoms with E-state index in [1.165, 1.54) is 0 Å². The molecule has 0 aromatic heterocycles. The van der Waals surface area contributed by atoms with E-state index in [1.54, 1.807) is 6.08 Å². The summed E-state index contributed by atoms with van der Waals surface area (Å²) in [5, 5.41) is 0. The standard InChI is InChI=1S/C30H36N2O/c1-9-28(31-26(7)27-13-11-10-12-14-27)21-32(8)25(6)20-30(17-18-33,22(2)3)29-19-23(4)15-16-24(29)5/h9-17,19H,2,6,20-21H2,1,3-5,7-8H3/b28-9-,31-26?. The molecule has 1 atom stereocenters. The molecule has 1 unspecified atom stereocenters. The maximum absolute atomic E-state index is 11.6. The fraction of sp³-hybridized carbons (Fsp3) is 0.300. The molecular formula is C30H36N2O. The van der Waals surface area contributed by atoms with Crippen molar-refractivity contribution in [3.05, 3.63) is 113 Å². The summed E-state index contributed by atoms with van der Waals surface area (Å²) in [5.41, 5.74) is 7.47. The smallest absolute Gasteiger partial charge is 0.121 e. The van der Waals surface area contributed by atoms with Crippen molar-refractivity contribution in [1.29, 1.82) is 0 Å². The van der Waals surface area contributed by atoms with Crippen LogP contribution in [0.25, 0.3) is 0 Å². The van der Waals surface area contributed by atoms with Gasteiger partial charge in [0.15, 0.2) is 0 Å². The van der Waals surface area contributed by atoms with Crippen LogP contribution in [0.1, 0.15) is 49.4 Å². The number of aryl methyl sites for hydroxylation is 2. The molecule has 172 valence electrons. The number of likely N-dealkylation sites (N-methyl/N-ethyl adjacent to an activating group) is 1. The molecule has 0 spiro atoms. The van der Waals surface area contributed by atoms with Crippen molar-refractivity contribution >= 4 is 11.7 Å². The summed E-state index contributed by atoms with van der Waals surface area (Å²) in [4.78, 5) is 18.6. The fourth-order valence-corrected chi connectivity index (χ4v) is 4.01. The van der Waals surface area contributed by atoms with Gasteiger partial charge in [0, 0.05) is 36.4 Å². The number of rotatable bonds is 10. The second kappa shape index (κ2) is 11.4. The number of carbonyl (C=O) groups excluding carboxylic acids is 1. The van der Waals surface area contributed by atoms with E-state index >= 15 is 0 Å². The lowest BCUT2D eigenvalue weighted by Crippen LogP contribution is -2.31. The van der Waals surface area contributed by atoms with Crippen LogP contribution in [-0.2, 0) is 10.2 Å². The van der Waals surface area contributed by atoms with Crippen LogP contribution in [-0.4, -0.2) is 30.1 Å².